The molecule has 1 atom stereocenters. The Balaban J connectivity index is 1.46. The molecule has 4 rings (SSSR count). The van der Waals surface area contributed by atoms with E-state index in [9.17, 15) is 9.59 Å². The maximum atomic E-state index is 12.5. The molecule has 0 saturated carbocycles. The van der Waals surface area contributed by atoms with Crippen LogP contribution < -0.4 is 15.4 Å². The second-order valence-corrected chi connectivity index (χ2v) is 7.98. The summed E-state index contributed by atoms with van der Waals surface area (Å²) in [6.07, 6.45) is 3.94. The van der Waals surface area contributed by atoms with Gasteiger partial charge in [0.2, 0.25) is 0 Å². The van der Waals surface area contributed by atoms with Crippen LogP contribution in [-0.4, -0.2) is 38.2 Å². The van der Waals surface area contributed by atoms with E-state index in [0.29, 0.717) is 22.7 Å². The second-order valence-electron chi connectivity index (χ2n) is 6.89. The highest BCUT2D eigenvalue weighted by molar-refractivity contribution is 8.04. The monoisotopic (exact) mass is 410 g/mol. The summed E-state index contributed by atoms with van der Waals surface area (Å²) in [6.45, 7) is 1.26. The molecule has 29 heavy (non-hydrogen) atoms. The maximum absolute atomic E-state index is 12.5. The Morgan fingerprint density at radius 2 is 2.14 bits per heavy atom. The summed E-state index contributed by atoms with van der Waals surface area (Å²) >= 11 is 1.39. The van der Waals surface area contributed by atoms with Crippen LogP contribution in [0.2, 0.25) is 0 Å². The number of hydrogen-bond acceptors (Lipinski definition) is 5. The molecule has 2 aliphatic heterocycles. The van der Waals surface area contributed by atoms with Gasteiger partial charge >= 0.3 is 0 Å². The highest BCUT2D eigenvalue weighted by Gasteiger charge is 2.23. The average molecular weight is 410 g/mol. The quantitative estimate of drug-likeness (QED) is 0.736. The van der Waals surface area contributed by atoms with Crippen molar-refractivity contribution >= 4 is 35.3 Å². The van der Waals surface area contributed by atoms with Crippen molar-refractivity contribution in [2.75, 3.05) is 25.6 Å². The van der Waals surface area contributed by atoms with E-state index in [-0.39, 0.29) is 17.9 Å². The van der Waals surface area contributed by atoms with Crippen molar-refractivity contribution in [1.29, 1.82) is 0 Å². The molecule has 0 bridgehead atoms. The first-order valence-corrected chi connectivity index (χ1v) is 10.3. The molecule has 6 nitrogen and oxygen atoms in total. The molecule has 1 unspecified atom stereocenters. The van der Waals surface area contributed by atoms with Gasteiger partial charge in [0.1, 0.15) is 5.75 Å². The number of rotatable bonds is 5. The van der Waals surface area contributed by atoms with E-state index in [2.05, 4.69) is 10.6 Å². The molecule has 2 aliphatic rings. The normalized spacial score (nSPS) is 19.6. The fraction of sp³-hybridized carbons (Fsp3) is 0.273. The molecule has 2 amide bonds. The third kappa shape index (κ3) is 4.63. The molecule has 0 aliphatic carbocycles. The molecule has 0 spiro atoms. The van der Waals surface area contributed by atoms with Gasteiger partial charge in [-0.2, -0.15) is 0 Å². The van der Waals surface area contributed by atoms with E-state index in [4.69, 9.17) is 9.47 Å². The van der Waals surface area contributed by atoms with Gasteiger partial charge in [-0.25, -0.2) is 0 Å². The summed E-state index contributed by atoms with van der Waals surface area (Å²) < 4.78 is 10.7. The molecule has 2 N–H and O–H groups in total. The number of thioether (sulfide) groups is 1. The van der Waals surface area contributed by atoms with Gasteiger partial charge in [0.25, 0.3) is 11.8 Å². The summed E-state index contributed by atoms with van der Waals surface area (Å²) in [6, 6.07) is 12.9. The fourth-order valence-electron chi connectivity index (χ4n) is 3.27. The van der Waals surface area contributed by atoms with Crippen LogP contribution in [0, 0.1) is 0 Å². The van der Waals surface area contributed by atoms with Gasteiger partial charge in [0.15, 0.2) is 0 Å². The van der Waals surface area contributed by atoms with Crippen molar-refractivity contribution in [2.24, 2.45) is 0 Å². The van der Waals surface area contributed by atoms with Crippen molar-refractivity contribution in [1.82, 2.24) is 5.32 Å². The number of benzene rings is 2. The molecule has 7 heteroatoms. The van der Waals surface area contributed by atoms with Crippen molar-refractivity contribution < 1.29 is 19.1 Å². The summed E-state index contributed by atoms with van der Waals surface area (Å²) in [5.41, 5.74) is 2.08. The van der Waals surface area contributed by atoms with Crippen LogP contribution in [0.15, 0.2) is 52.3 Å². The maximum Gasteiger partial charge on any atom is 0.262 e. The summed E-state index contributed by atoms with van der Waals surface area (Å²) in [5.74, 6) is 0.417. The Kier molecular flexibility index (Phi) is 5.87. The molecule has 2 aromatic carbocycles. The lowest BCUT2D eigenvalue weighted by Crippen LogP contribution is -2.31. The van der Waals surface area contributed by atoms with E-state index >= 15 is 0 Å². The van der Waals surface area contributed by atoms with Crippen LogP contribution >= 0.6 is 11.8 Å². The minimum absolute atomic E-state index is 0.0949. The Morgan fingerprint density at radius 1 is 1.31 bits per heavy atom. The Bertz CT molecular complexity index is 950. The lowest BCUT2D eigenvalue weighted by Gasteiger charge is -2.19. The number of amides is 2. The van der Waals surface area contributed by atoms with E-state index in [1.165, 1.54) is 11.8 Å². The van der Waals surface area contributed by atoms with Crippen molar-refractivity contribution in [2.45, 2.75) is 23.8 Å². The molecule has 2 aromatic rings. The van der Waals surface area contributed by atoms with Gasteiger partial charge in [-0.05, 0) is 54.8 Å². The fourth-order valence-corrected chi connectivity index (χ4v) is 4.20. The SMILES string of the molecule is COc1ccc(/C=C2/Sc3ccc(C(=O)NCC4CCCO4)cc3NC2=O)cc1. The predicted octanol–water partition coefficient (Wildman–Crippen LogP) is 3.69. The first-order chi connectivity index (χ1) is 14.1. The minimum atomic E-state index is -0.185. The largest absolute Gasteiger partial charge is 0.497 e. The number of ether oxygens (including phenoxy) is 2. The van der Waals surface area contributed by atoms with Crippen LogP contribution in [-0.2, 0) is 9.53 Å². The number of carbonyl (C=O) groups excluding carboxylic acids is 2. The van der Waals surface area contributed by atoms with E-state index in [0.717, 1.165) is 35.7 Å². The van der Waals surface area contributed by atoms with E-state index in [1.807, 2.05) is 36.4 Å². The van der Waals surface area contributed by atoms with Gasteiger partial charge in [-0.3, -0.25) is 9.59 Å². The highest BCUT2D eigenvalue weighted by Crippen LogP contribution is 2.39. The van der Waals surface area contributed by atoms with Crippen LogP contribution in [0.25, 0.3) is 6.08 Å². The first kappa shape index (κ1) is 19.5. The van der Waals surface area contributed by atoms with E-state index in [1.54, 1.807) is 19.2 Å². The zero-order valence-electron chi connectivity index (χ0n) is 16.1. The molecule has 2 heterocycles. The second kappa shape index (κ2) is 8.71. The standard InChI is InChI=1S/C22H22N2O4S/c1-27-16-7-4-14(5-8-16)11-20-22(26)24-18-12-15(6-9-19(18)29-20)21(25)23-13-17-3-2-10-28-17/h4-9,11-12,17H,2-3,10,13H2,1H3,(H,23,25)(H,24,26)/b20-11+. The summed E-state index contributed by atoms with van der Waals surface area (Å²) in [7, 11) is 1.62. The number of fused-ring (bicyclic) bond motifs is 1. The van der Waals surface area contributed by atoms with Crippen LogP contribution in [0.1, 0.15) is 28.8 Å². The topological polar surface area (TPSA) is 76.7 Å². The van der Waals surface area contributed by atoms with Crippen molar-refractivity contribution in [3.63, 3.8) is 0 Å². The highest BCUT2D eigenvalue weighted by atomic mass is 32.2. The lowest BCUT2D eigenvalue weighted by molar-refractivity contribution is -0.112. The predicted molar refractivity (Wildman–Crippen MR) is 113 cm³/mol. The van der Waals surface area contributed by atoms with Crippen LogP contribution in [0.3, 0.4) is 0 Å². The van der Waals surface area contributed by atoms with E-state index < -0.39 is 0 Å². The molecular weight excluding hydrogens is 388 g/mol. The Morgan fingerprint density at radius 3 is 2.86 bits per heavy atom. The smallest absolute Gasteiger partial charge is 0.262 e. The summed E-state index contributed by atoms with van der Waals surface area (Å²) in [4.78, 5) is 26.4. The number of nitrogens with one attached hydrogen (secondary N) is 2. The first-order valence-electron chi connectivity index (χ1n) is 9.51. The third-order valence-electron chi connectivity index (χ3n) is 4.86. The minimum Gasteiger partial charge on any atom is -0.497 e. The number of hydrogen-bond donors (Lipinski definition) is 2. The Hall–Kier alpha value is -2.77. The van der Waals surface area contributed by atoms with Crippen LogP contribution in [0.5, 0.6) is 5.75 Å². The average Bonchev–Trinajstić information content (AvgIpc) is 3.26. The number of anilines is 1. The Labute approximate surface area is 173 Å². The molecule has 150 valence electrons. The molecule has 1 saturated heterocycles. The molecule has 1 fully saturated rings. The van der Waals surface area contributed by atoms with Crippen molar-refractivity contribution in [3.05, 3.63) is 58.5 Å². The van der Waals surface area contributed by atoms with Gasteiger partial charge < -0.3 is 20.1 Å². The van der Waals surface area contributed by atoms with Crippen LogP contribution in [0.4, 0.5) is 5.69 Å². The van der Waals surface area contributed by atoms with Crippen molar-refractivity contribution in [3.8, 4) is 5.75 Å². The summed E-state index contributed by atoms with van der Waals surface area (Å²) in [5, 5.41) is 5.79. The molecule has 0 aromatic heterocycles. The zero-order chi connectivity index (χ0) is 20.2. The van der Waals surface area contributed by atoms with Gasteiger partial charge in [0.05, 0.1) is 23.8 Å². The molecular formula is C22H22N2O4S. The van der Waals surface area contributed by atoms with Gasteiger partial charge in [-0.1, -0.05) is 23.9 Å². The third-order valence-corrected chi connectivity index (χ3v) is 5.96. The van der Waals surface area contributed by atoms with Gasteiger partial charge in [0, 0.05) is 23.6 Å². The lowest BCUT2D eigenvalue weighted by atomic mass is 10.1. The zero-order valence-corrected chi connectivity index (χ0v) is 16.9. The number of methoxy groups -OCH3 is 1. The van der Waals surface area contributed by atoms with Gasteiger partial charge in [-0.15, -0.1) is 0 Å². The number of carbonyl (C=O) groups is 2. The molecule has 0 radical (unpaired) electrons.